The van der Waals surface area contributed by atoms with Gasteiger partial charge < -0.3 is 20.8 Å². The Bertz CT molecular complexity index is 314. The highest BCUT2D eigenvalue weighted by Crippen LogP contribution is 2.18. The monoisotopic (exact) mass is 272 g/mol. The molecule has 0 aromatic heterocycles. The van der Waals surface area contributed by atoms with Crippen molar-refractivity contribution in [3.63, 3.8) is 0 Å². The molecule has 0 bridgehead atoms. The van der Waals surface area contributed by atoms with Crippen molar-refractivity contribution >= 4 is 12.0 Å². The third kappa shape index (κ3) is 5.06. The first-order valence-corrected chi connectivity index (χ1v) is 6.92. The molecule has 110 valence electrons. The fourth-order valence-electron chi connectivity index (χ4n) is 2.27. The standard InChI is InChI=1S/C13H24N2O4/c1-3-8(2)11(12(17)18)15-13(19)14-9-4-6-10(16)7-5-9/h8-11,16H,3-7H2,1-2H3,(H,17,18)(H2,14,15,19)/t8-,9?,10?,11-/m0/s1. The molecule has 6 heteroatoms. The maximum Gasteiger partial charge on any atom is 0.326 e. The van der Waals surface area contributed by atoms with E-state index in [1.807, 2.05) is 6.92 Å². The summed E-state index contributed by atoms with van der Waals surface area (Å²) in [5.41, 5.74) is 0. The molecule has 4 N–H and O–H groups in total. The number of hydrogen-bond donors (Lipinski definition) is 4. The zero-order valence-electron chi connectivity index (χ0n) is 11.6. The molecule has 6 nitrogen and oxygen atoms in total. The smallest absolute Gasteiger partial charge is 0.326 e. The Balaban J connectivity index is 2.42. The zero-order valence-corrected chi connectivity index (χ0v) is 11.6. The van der Waals surface area contributed by atoms with Gasteiger partial charge in [-0.05, 0) is 31.6 Å². The Morgan fingerprint density at radius 2 is 1.84 bits per heavy atom. The molecule has 0 aliphatic heterocycles. The number of carboxylic acids is 1. The molecule has 1 fully saturated rings. The summed E-state index contributed by atoms with van der Waals surface area (Å²) in [4.78, 5) is 22.9. The fourth-order valence-corrected chi connectivity index (χ4v) is 2.27. The predicted molar refractivity (Wildman–Crippen MR) is 70.8 cm³/mol. The number of aliphatic hydroxyl groups is 1. The number of urea groups is 1. The Morgan fingerprint density at radius 1 is 1.26 bits per heavy atom. The van der Waals surface area contributed by atoms with Crippen LogP contribution in [-0.2, 0) is 4.79 Å². The zero-order chi connectivity index (χ0) is 14.4. The second-order valence-corrected chi connectivity index (χ2v) is 5.32. The van der Waals surface area contributed by atoms with Crippen molar-refractivity contribution in [2.24, 2.45) is 5.92 Å². The van der Waals surface area contributed by atoms with E-state index in [1.165, 1.54) is 0 Å². The van der Waals surface area contributed by atoms with Gasteiger partial charge in [-0.2, -0.15) is 0 Å². The lowest BCUT2D eigenvalue weighted by Gasteiger charge is -2.27. The molecule has 0 saturated heterocycles. The van der Waals surface area contributed by atoms with E-state index < -0.39 is 18.0 Å². The quantitative estimate of drug-likeness (QED) is 0.602. The maximum absolute atomic E-state index is 11.8. The maximum atomic E-state index is 11.8. The van der Waals surface area contributed by atoms with E-state index in [2.05, 4.69) is 10.6 Å². The van der Waals surface area contributed by atoms with Crippen LogP contribution in [0.2, 0.25) is 0 Å². The van der Waals surface area contributed by atoms with Crippen molar-refractivity contribution in [1.82, 2.24) is 10.6 Å². The number of hydrogen-bond acceptors (Lipinski definition) is 3. The van der Waals surface area contributed by atoms with Gasteiger partial charge in [-0.3, -0.25) is 0 Å². The highest BCUT2D eigenvalue weighted by molar-refractivity contribution is 5.82. The molecular weight excluding hydrogens is 248 g/mol. The minimum atomic E-state index is -1.01. The van der Waals surface area contributed by atoms with Gasteiger partial charge in [0.25, 0.3) is 0 Å². The van der Waals surface area contributed by atoms with Gasteiger partial charge in [0.2, 0.25) is 0 Å². The van der Waals surface area contributed by atoms with Crippen LogP contribution in [0.1, 0.15) is 46.0 Å². The first kappa shape index (κ1) is 15.8. The molecule has 0 spiro atoms. The van der Waals surface area contributed by atoms with E-state index in [4.69, 9.17) is 5.11 Å². The molecule has 1 saturated carbocycles. The second kappa shape index (κ2) is 7.33. The van der Waals surface area contributed by atoms with Crippen molar-refractivity contribution in [3.8, 4) is 0 Å². The van der Waals surface area contributed by atoms with Crippen molar-refractivity contribution in [2.75, 3.05) is 0 Å². The van der Waals surface area contributed by atoms with Gasteiger partial charge in [0.15, 0.2) is 0 Å². The molecule has 1 aliphatic carbocycles. The predicted octanol–water partition coefficient (Wildman–Crippen LogP) is 1.09. The summed E-state index contributed by atoms with van der Waals surface area (Å²) in [7, 11) is 0. The van der Waals surface area contributed by atoms with Gasteiger partial charge in [-0.1, -0.05) is 20.3 Å². The molecule has 0 radical (unpaired) electrons. The molecule has 0 aromatic rings. The van der Waals surface area contributed by atoms with E-state index in [0.29, 0.717) is 19.3 Å². The second-order valence-electron chi connectivity index (χ2n) is 5.32. The van der Waals surface area contributed by atoms with Gasteiger partial charge >= 0.3 is 12.0 Å². The summed E-state index contributed by atoms with van der Waals surface area (Å²) in [6.07, 6.45) is 3.24. The van der Waals surface area contributed by atoms with Gasteiger partial charge in [0.1, 0.15) is 6.04 Å². The summed E-state index contributed by atoms with van der Waals surface area (Å²) in [5, 5.41) is 23.8. The summed E-state index contributed by atoms with van der Waals surface area (Å²) in [6.45, 7) is 3.69. The third-order valence-electron chi connectivity index (χ3n) is 3.80. The number of carbonyl (C=O) groups excluding carboxylic acids is 1. The number of aliphatic hydroxyl groups excluding tert-OH is 1. The minimum Gasteiger partial charge on any atom is -0.480 e. The third-order valence-corrected chi connectivity index (χ3v) is 3.80. The minimum absolute atomic E-state index is 0.0229. The first-order chi connectivity index (χ1) is 8.93. The van der Waals surface area contributed by atoms with Gasteiger partial charge in [0, 0.05) is 6.04 Å². The van der Waals surface area contributed by atoms with E-state index in [9.17, 15) is 14.7 Å². The number of carboxylic acid groups (broad SMARTS) is 1. The lowest BCUT2D eigenvalue weighted by Crippen LogP contribution is -2.52. The van der Waals surface area contributed by atoms with Crippen LogP contribution in [0.25, 0.3) is 0 Å². The SMILES string of the molecule is CC[C@H](C)[C@H](NC(=O)NC1CCC(O)CC1)C(=O)O. The van der Waals surface area contributed by atoms with Crippen LogP contribution in [-0.4, -0.2) is 40.4 Å². The molecule has 0 aromatic carbocycles. The van der Waals surface area contributed by atoms with E-state index in [-0.39, 0.29) is 18.1 Å². The van der Waals surface area contributed by atoms with Crippen LogP contribution in [0.5, 0.6) is 0 Å². The van der Waals surface area contributed by atoms with Crippen molar-refractivity contribution in [2.45, 2.75) is 64.1 Å². The first-order valence-electron chi connectivity index (χ1n) is 6.92. The van der Waals surface area contributed by atoms with E-state index in [1.54, 1.807) is 6.92 Å². The fraction of sp³-hybridized carbons (Fsp3) is 0.846. The lowest BCUT2D eigenvalue weighted by atomic mass is 9.93. The van der Waals surface area contributed by atoms with E-state index in [0.717, 1.165) is 12.8 Å². The molecule has 19 heavy (non-hydrogen) atoms. The largest absolute Gasteiger partial charge is 0.480 e. The normalized spacial score (nSPS) is 26.3. The topological polar surface area (TPSA) is 98.7 Å². The van der Waals surface area contributed by atoms with Crippen LogP contribution in [0.3, 0.4) is 0 Å². The Hall–Kier alpha value is -1.30. The molecule has 1 aliphatic rings. The number of carbonyl (C=O) groups is 2. The summed E-state index contributed by atoms with van der Waals surface area (Å²) >= 11 is 0. The number of nitrogens with one attached hydrogen (secondary N) is 2. The number of aliphatic carboxylic acids is 1. The Kier molecular flexibility index (Phi) is 6.08. The van der Waals surface area contributed by atoms with Crippen molar-refractivity contribution in [1.29, 1.82) is 0 Å². The van der Waals surface area contributed by atoms with Crippen LogP contribution in [0.15, 0.2) is 0 Å². The van der Waals surface area contributed by atoms with Crippen LogP contribution in [0.4, 0.5) is 4.79 Å². The summed E-state index contributed by atoms with van der Waals surface area (Å²) < 4.78 is 0. The molecule has 0 heterocycles. The van der Waals surface area contributed by atoms with Gasteiger partial charge in [-0.25, -0.2) is 9.59 Å². The Morgan fingerprint density at radius 3 is 2.32 bits per heavy atom. The molecule has 2 atom stereocenters. The van der Waals surface area contributed by atoms with Crippen molar-refractivity contribution < 1.29 is 19.8 Å². The Labute approximate surface area is 113 Å². The summed E-state index contributed by atoms with van der Waals surface area (Å²) in [5.74, 6) is -1.13. The van der Waals surface area contributed by atoms with Crippen LogP contribution < -0.4 is 10.6 Å². The molecule has 2 amide bonds. The number of rotatable bonds is 5. The number of amides is 2. The highest BCUT2D eigenvalue weighted by atomic mass is 16.4. The average molecular weight is 272 g/mol. The van der Waals surface area contributed by atoms with Crippen LogP contribution >= 0.6 is 0 Å². The van der Waals surface area contributed by atoms with E-state index >= 15 is 0 Å². The van der Waals surface area contributed by atoms with Crippen LogP contribution in [0, 0.1) is 5.92 Å². The summed E-state index contributed by atoms with van der Waals surface area (Å²) in [6, 6.07) is -1.27. The highest BCUT2D eigenvalue weighted by Gasteiger charge is 2.27. The molecule has 1 rings (SSSR count). The lowest BCUT2D eigenvalue weighted by molar-refractivity contribution is -0.140. The van der Waals surface area contributed by atoms with Gasteiger partial charge in [0.05, 0.1) is 6.10 Å². The molecular formula is C13H24N2O4. The van der Waals surface area contributed by atoms with Gasteiger partial charge in [-0.15, -0.1) is 0 Å². The average Bonchev–Trinajstić information content (AvgIpc) is 2.37. The molecule has 0 unspecified atom stereocenters. The van der Waals surface area contributed by atoms with Crippen molar-refractivity contribution in [3.05, 3.63) is 0 Å².